The predicted molar refractivity (Wildman–Crippen MR) is 68.9 cm³/mol. The van der Waals surface area contributed by atoms with Crippen molar-refractivity contribution in [2.24, 2.45) is 0 Å². The predicted octanol–water partition coefficient (Wildman–Crippen LogP) is 1.59. The van der Waals surface area contributed by atoms with E-state index in [9.17, 15) is 4.79 Å². The molecule has 1 N–H and O–H groups in total. The van der Waals surface area contributed by atoms with E-state index in [1.807, 2.05) is 11.8 Å². The second kappa shape index (κ2) is 7.09. The fourth-order valence-electron chi connectivity index (χ4n) is 1.44. The van der Waals surface area contributed by atoms with Gasteiger partial charge in [0.2, 0.25) is 0 Å². The molecule has 1 unspecified atom stereocenters. The maximum atomic E-state index is 11.0. The number of hydrogen-bond acceptors (Lipinski definition) is 4. The third kappa shape index (κ3) is 4.27. The molecular weight excluding hydrogens is 246 g/mol. The van der Waals surface area contributed by atoms with E-state index in [1.165, 1.54) is 11.8 Å². The first kappa shape index (κ1) is 13.7. The van der Waals surface area contributed by atoms with Crippen molar-refractivity contribution < 1.29 is 14.6 Å². The van der Waals surface area contributed by atoms with Gasteiger partial charge in [-0.05, 0) is 6.42 Å². The molecule has 0 saturated carbocycles. The second-order valence-electron chi connectivity index (χ2n) is 3.60. The topological polar surface area (TPSA) is 49.8 Å². The van der Waals surface area contributed by atoms with E-state index in [2.05, 4.69) is 0 Å². The van der Waals surface area contributed by atoms with Gasteiger partial charge in [-0.15, -0.1) is 0 Å². The number of hydrogen-bond donors (Lipinski definition) is 1. The quantitative estimate of drug-likeness (QED) is 0.777. The van der Waals surface area contributed by atoms with E-state index >= 15 is 0 Å². The van der Waals surface area contributed by atoms with Crippen molar-refractivity contribution in [3.05, 3.63) is 0 Å². The number of carboxylic acids is 1. The fourth-order valence-corrected chi connectivity index (χ4v) is 3.00. The summed E-state index contributed by atoms with van der Waals surface area (Å²) in [5.74, 6) is -0.776. The molecule has 1 heterocycles. The molecule has 0 aromatic carbocycles. The highest BCUT2D eigenvalue weighted by Gasteiger charge is 2.22. The second-order valence-corrected chi connectivity index (χ2v) is 5.44. The molecule has 0 amide bonds. The SMILES string of the molecule is CCCC(SC(=S)N1CCOCC1)C(=O)O. The zero-order chi connectivity index (χ0) is 12.0. The molecule has 0 aromatic heterocycles. The first-order valence-corrected chi connectivity index (χ1v) is 6.70. The molecule has 6 heteroatoms. The minimum atomic E-state index is -0.776. The fraction of sp³-hybridized carbons (Fsp3) is 0.800. The molecule has 1 saturated heterocycles. The Labute approximate surface area is 105 Å². The van der Waals surface area contributed by atoms with Crippen LogP contribution in [0.15, 0.2) is 0 Å². The van der Waals surface area contributed by atoms with E-state index in [-0.39, 0.29) is 0 Å². The maximum absolute atomic E-state index is 11.0. The summed E-state index contributed by atoms with van der Waals surface area (Å²) in [5.41, 5.74) is 0. The Morgan fingerprint density at radius 2 is 2.19 bits per heavy atom. The molecule has 0 radical (unpaired) electrons. The summed E-state index contributed by atoms with van der Waals surface area (Å²) in [6, 6.07) is 0. The lowest BCUT2D eigenvalue weighted by Gasteiger charge is -2.29. The molecule has 92 valence electrons. The van der Waals surface area contributed by atoms with Crippen LogP contribution in [0.4, 0.5) is 0 Å². The van der Waals surface area contributed by atoms with E-state index in [0.717, 1.165) is 19.5 Å². The number of morpholine rings is 1. The van der Waals surface area contributed by atoms with Gasteiger partial charge in [0, 0.05) is 13.1 Å². The van der Waals surface area contributed by atoms with Gasteiger partial charge < -0.3 is 14.7 Å². The first-order chi connectivity index (χ1) is 7.65. The van der Waals surface area contributed by atoms with Crippen molar-refractivity contribution >= 4 is 34.3 Å². The van der Waals surface area contributed by atoms with E-state index in [1.54, 1.807) is 0 Å². The molecule has 16 heavy (non-hydrogen) atoms. The Hall–Kier alpha value is -0.330. The third-order valence-electron chi connectivity index (χ3n) is 2.34. The van der Waals surface area contributed by atoms with Gasteiger partial charge in [-0.3, -0.25) is 4.79 Å². The number of nitrogens with zero attached hydrogens (tertiary/aromatic N) is 1. The average Bonchev–Trinajstić information content (AvgIpc) is 2.29. The Bertz CT molecular complexity index is 254. The summed E-state index contributed by atoms with van der Waals surface area (Å²) in [5, 5.41) is 8.61. The van der Waals surface area contributed by atoms with Crippen molar-refractivity contribution in [1.29, 1.82) is 0 Å². The van der Waals surface area contributed by atoms with Crippen LogP contribution in [0.1, 0.15) is 19.8 Å². The lowest BCUT2D eigenvalue weighted by Crippen LogP contribution is -2.39. The highest BCUT2D eigenvalue weighted by molar-refractivity contribution is 8.23. The lowest BCUT2D eigenvalue weighted by atomic mass is 10.2. The number of rotatable bonds is 4. The zero-order valence-corrected chi connectivity index (χ0v) is 11.0. The van der Waals surface area contributed by atoms with Gasteiger partial charge in [0.1, 0.15) is 9.57 Å². The highest BCUT2D eigenvalue weighted by Crippen LogP contribution is 2.21. The first-order valence-electron chi connectivity index (χ1n) is 5.41. The number of thiocarbonyl (C=S) groups is 1. The number of thioether (sulfide) groups is 1. The summed E-state index contributed by atoms with van der Waals surface area (Å²) < 4.78 is 5.91. The van der Waals surface area contributed by atoms with Crippen LogP contribution >= 0.6 is 24.0 Å². The number of aliphatic carboxylic acids is 1. The van der Waals surface area contributed by atoms with Gasteiger partial charge in [-0.25, -0.2) is 0 Å². The molecule has 1 aliphatic heterocycles. The van der Waals surface area contributed by atoms with Crippen LogP contribution in [-0.2, 0) is 9.53 Å². The third-order valence-corrected chi connectivity index (χ3v) is 4.07. The van der Waals surface area contributed by atoms with Crippen LogP contribution < -0.4 is 0 Å². The van der Waals surface area contributed by atoms with Crippen molar-refractivity contribution in [3.8, 4) is 0 Å². The summed E-state index contributed by atoms with van der Waals surface area (Å²) in [6.07, 6.45) is 1.51. The summed E-state index contributed by atoms with van der Waals surface area (Å²) >= 11 is 6.54. The van der Waals surface area contributed by atoms with E-state index < -0.39 is 11.2 Å². The van der Waals surface area contributed by atoms with Crippen LogP contribution in [0.5, 0.6) is 0 Å². The van der Waals surface area contributed by atoms with Gasteiger partial charge in [-0.2, -0.15) is 0 Å². The van der Waals surface area contributed by atoms with Crippen LogP contribution in [0.3, 0.4) is 0 Å². The van der Waals surface area contributed by atoms with Gasteiger partial charge in [0.15, 0.2) is 0 Å². The van der Waals surface area contributed by atoms with E-state index in [0.29, 0.717) is 24.0 Å². The standard InChI is InChI=1S/C10H17NO3S2/c1-2-3-8(9(12)13)16-10(15)11-4-6-14-7-5-11/h8H,2-7H2,1H3,(H,12,13). The molecule has 0 aliphatic carbocycles. The Kier molecular flexibility index (Phi) is 6.08. The molecule has 0 aromatic rings. The van der Waals surface area contributed by atoms with Crippen molar-refractivity contribution in [2.45, 2.75) is 25.0 Å². The molecule has 4 nitrogen and oxygen atoms in total. The van der Waals surface area contributed by atoms with Gasteiger partial charge in [0.05, 0.1) is 13.2 Å². The zero-order valence-electron chi connectivity index (χ0n) is 9.35. The lowest BCUT2D eigenvalue weighted by molar-refractivity contribution is -0.136. The maximum Gasteiger partial charge on any atom is 0.317 e. The largest absolute Gasteiger partial charge is 0.480 e. The molecule has 0 bridgehead atoms. The van der Waals surface area contributed by atoms with Gasteiger partial charge in [-0.1, -0.05) is 37.3 Å². The summed E-state index contributed by atoms with van der Waals surface area (Å²) in [7, 11) is 0. The van der Waals surface area contributed by atoms with Crippen molar-refractivity contribution in [1.82, 2.24) is 4.90 Å². The highest BCUT2D eigenvalue weighted by atomic mass is 32.2. The normalized spacial score (nSPS) is 18.2. The Balaban J connectivity index is 2.43. The Morgan fingerprint density at radius 1 is 1.56 bits per heavy atom. The molecule has 1 rings (SSSR count). The molecule has 1 atom stereocenters. The van der Waals surface area contributed by atoms with Gasteiger partial charge >= 0.3 is 5.97 Å². The Morgan fingerprint density at radius 3 is 2.69 bits per heavy atom. The number of ether oxygens (including phenoxy) is 1. The number of carboxylic acid groups (broad SMARTS) is 1. The summed E-state index contributed by atoms with van der Waals surface area (Å²) in [6.45, 7) is 4.86. The molecule has 0 spiro atoms. The summed E-state index contributed by atoms with van der Waals surface area (Å²) in [4.78, 5) is 13.0. The molecule has 1 aliphatic rings. The smallest absolute Gasteiger partial charge is 0.317 e. The minimum absolute atomic E-state index is 0.416. The van der Waals surface area contributed by atoms with Crippen molar-refractivity contribution in [2.75, 3.05) is 26.3 Å². The van der Waals surface area contributed by atoms with Crippen LogP contribution in [0.25, 0.3) is 0 Å². The van der Waals surface area contributed by atoms with Gasteiger partial charge in [0.25, 0.3) is 0 Å². The molecule has 1 fully saturated rings. The van der Waals surface area contributed by atoms with Crippen LogP contribution in [-0.4, -0.2) is 51.8 Å². The molecular formula is C10H17NO3S2. The number of carbonyl (C=O) groups is 1. The average molecular weight is 263 g/mol. The van der Waals surface area contributed by atoms with E-state index in [4.69, 9.17) is 22.1 Å². The van der Waals surface area contributed by atoms with Crippen LogP contribution in [0, 0.1) is 0 Å². The van der Waals surface area contributed by atoms with Crippen molar-refractivity contribution in [3.63, 3.8) is 0 Å². The minimum Gasteiger partial charge on any atom is -0.480 e. The van der Waals surface area contributed by atoms with Crippen LogP contribution in [0.2, 0.25) is 0 Å². The monoisotopic (exact) mass is 263 g/mol.